The maximum Gasteiger partial charge on any atom is 0.182 e. The molecular weight excluding hydrogens is 260 g/mol. The van der Waals surface area contributed by atoms with E-state index in [1.807, 2.05) is 0 Å². The Hall–Kier alpha value is -2.49. The third-order valence-corrected chi connectivity index (χ3v) is 3.22. The van der Waals surface area contributed by atoms with Gasteiger partial charge in [0.25, 0.3) is 0 Å². The first-order chi connectivity index (χ1) is 9.65. The number of fused-ring (bicyclic) bond motifs is 1. The van der Waals surface area contributed by atoms with Crippen LogP contribution in [0.5, 0.6) is 0 Å². The minimum Gasteiger partial charge on any atom is -0.340 e. The molecule has 20 heavy (non-hydrogen) atoms. The first-order valence-electron chi connectivity index (χ1n) is 6.17. The lowest BCUT2D eigenvalue weighted by Gasteiger charge is -2.05. The molecule has 0 aliphatic heterocycles. The minimum absolute atomic E-state index is 0.0520. The molecule has 0 atom stereocenters. The van der Waals surface area contributed by atoms with Crippen molar-refractivity contribution in [3.05, 3.63) is 71.9 Å². The number of hydrogen-bond donors (Lipinski definition) is 0. The number of benzene rings is 2. The van der Waals surface area contributed by atoms with Gasteiger partial charge in [0.15, 0.2) is 5.78 Å². The van der Waals surface area contributed by atoms with E-state index in [0.29, 0.717) is 16.5 Å². The lowest BCUT2D eigenvalue weighted by molar-refractivity contribution is 0.0973. The average Bonchev–Trinajstić information content (AvgIpc) is 2.83. The van der Waals surface area contributed by atoms with Crippen LogP contribution in [0.2, 0.25) is 0 Å². The second-order valence-electron chi connectivity index (χ2n) is 4.55. The summed E-state index contributed by atoms with van der Waals surface area (Å²) in [4.78, 5) is 12.1. The van der Waals surface area contributed by atoms with E-state index >= 15 is 0 Å². The fourth-order valence-corrected chi connectivity index (χ4v) is 2.23. The van der Waals surface area contributed by atoms with Gasteiger partial charge in [-0.3, -0.25) is 4.79 Å². The number of rotatable bonds is 3. The Labute approximate surface area is 114 Å². The SMILES string of the molecule is O=C(Cn1ccc2c(F)cccc21)c1cccc(F)c1. The lowest BCUT2D eigenvalue weighted by atomic mass is 10.1. The molecule has 2 aromatic carbocycles. The van der Waals surface area contributed by atoms with Crippen LogP contribution in [-0.2, 0) is 6.54 Å². The van der Waals surface area contributed by atoms with E-state index in [9.17, 15) is 13.6 Å². The van der Waals surface area contributed by atoms with Gasteiger partial charge in [0.2, 0.25) is 0 Å². The van der Waals surface area contributed by atoms with Gasteiger partial charge in [0, 0.05) is 17.1 Å². The Morgan fingerprint density at radius 3 is 2.65 bits per heavy atom. The molecule has 0 fully saturated rings. The van der Waals surface area contributed by atoms with Gasteiger partial charge >= 0.3 is 0 Å². The van der Waals surface area contributed by atoms with Gasteiger partial charge in [-0.25, -0.2) is 8.78 Å². The van der Waals surface area contributed by atoms with Gasteiger partial charge in [-0.05, 0) is 30.3 Å². The Balaban J connectivity index is 1.94. The normalized spacial score (nSPS) is 10.9. The summed E-state index contributed by atoms with van der Waals surface area (Å²) in [5, 5.41) is 0.472. The minimum atomic E-state index is -0.445. The van der Waals surface area contributed by atoms with Crippen molar-refractivity contribution in [3.63, 3.8) is 0 Å². The molecule has 0 saturated heterocycles. The van der Waals surface area contributed by atoms with Crippen molar-refractivity contribution >= 4 is 16.7 Å². The molecule has 0 spiro atoms. The number of hydrogen-bond acceptors (Lipinski definition) is 1. The molecule has 0 N–H and O–H groups in total. The maximum atomic E-state index is 13.6. The Morgan fingerprint density at radius 1 is 1.05 bits per heavy atom. The third kappa shape index (κ3) is 2.20. The zero-order chi connectivity index (χ0) is 14.1. The van der Waals surface area contributed by atoms with E-state index in [-0.39, 0.29) is 18.1 Å². The molecule has 100 valence electrons. The van der Waals surface area contributed by atoms with E-state index in [0.717, 1.165) is 0 Å². The molecule has 4 heteroatoms. The van der Waals surface area contributed by atoms with Crippen LogP contribution in [0.4, 0.5) is 8.78 Å². The second-order valence-corrected chi connectivity index (χ2v) is 4.55. The number of carbonyl (C=O) groups is 1. The zero-order valence-corrected chi connectivity index (χ0v) is 10.5. The summed E-state index contributed by atoms with van der Waals surface area (Å²) in [6.07, 6.45) is 1.66. The van der Waals surface area contributed by atoms with E-state index in [4.69, 9.17) is 0 Å². The van der Waals surface area contributed by atoms with E-state index in [1.54, 1.807) is 35.0 Å². The average molecular weight is 271 g/mol. The van der Waals surface area contributed by atoms with E-state index in [2.05, 4.69) is 0 Å². The summed E-state index contributed by atoms with van der Waals surface area (Å²) in [6.45, 7) is 0.0520. The van der Waals surface area contributed by atoms with Crippen molar-refractivity contribution < 1.29 is 13.6 Å². The number of carbonyl (C=O) groups excluding carboxylic acids is 1. The lowest BCUT2D eigenvalue weighted by Crippen LogP contribution is -2.09. The second kappa shape index (κ2) is 4.89. The summed E-state index contributed by atoms with van der Waals surface area (Å²) in [7, 11) is 0. The van der Waals surface area contributed by atoms with Crippen LogP contribution >= 0.6 is 0 Å². The summed E-state index contributed by atoms with van der Waals surface area (Å²) >= 11 is 0. The number of ketones is 1. The molecule has 2 nitrogen and oxygen atoms in total. The number of nitrogens with zero attached hydrogens (tertiary/aromatic N) is 1. The molecule has 0 aliphatic rings. The molecule has 0 saturated carbocycles. The van der Waals surface area contributed by atoms with Crippen LogP contribution in [0, 0.1) is 11.6 Å². The predicted molar refractivity (Wildman–Crippen MR) is 72.6 cm³/mol. The number of halogens is 2. The molecule has 0 amide bonds. The summed E-state index contributed by atoms with van der Waals surface area (Å²) in [5.41, 5.74) is 0.956. The maximum absolute atomic E-state index is 13.6. The van der Waals surface area contributed by atoms with Crippen molar-refractivity contribution in [1.82, 2.24) is 4.57 Å². The van der Waals surface area contributed by atoms with Crippen LogP contribution in [0.3, 0.4) is 0 Å². The molecule has 0 radical (unpaired) electrons. The van der Waals surface area contributed by atoms with Gasteiger partial charge in [0.1, 0.15) is 11.6 Å². The number of aromatic nitrogens is 1. The quantitative estimate of drug-likeness (QED) is 0.664. The van der Waals surface area contributed by atoms with Crippen LogP contribution < -0.4 is 0 Å². The summed E-state index contributed by atoms with van der Waals surface area (Å²) in [5.74, 6) is -0.982. The summed E-state index contributed by atoms with van der Waals surface area (Å²) in [6, 6.07) is 11.9. The van der Waals surface area contributed by atoms with Crippen molar-refractivity contribution in [2.75, 3.05) is 0 Å². The zero-order valence-electron chi connectivity index (χ0n) is 10.5. The van der Waals surface area contributed by atoms with Crippen LogP contribution in [-0.4, -0.2) is 10.4 Å². The molecule has 1 aromatic heterocycles. The first-order valence-corrected chi connectivity index (χ1v) is 6.17. The molecule has 0 aliphatic carbocycles. The molecule has 3 aromatic rings. The third-order valence-electron chi connectivity index (χ3n) is 3.22. The van der Waals surface area contributed by atoms with Gasteiger partial charge in [-0.15, -0.1) is 0 Å². The first kappa shape index (κ1) is 12.5. The smallest absolute Gasteiger partial charge is 0.182 e. The highest BCUT2D eigenvalue weighted by molar-refractivity contribution is 5.96. The molecule has 0 bridgehead atoms. The molecule has 0 unspecified atom stereocenters. The Morgan fingerprint density at radius 2 is 1.85 bits per heavy atom. The van der Waals surface area contributed by atoms with Gasteiger partial charge in [-0.1, -0.05) is 18.2 Å². The van der Waals surface area contributed by atoms with Crippen molar-refractivity contribution in [3.8, 4) is 0 Å². The van der Waals surface area contributed by atoms with Crippen LogP contribution in [0.1, 0.15) is 10.4 Å². The fraction of sp³-hybridized carbons (Fsp3) is 0.0625. The topological polar surface area (TPSA) is 22.0 Å². The van der Waals surface area contributed by atoms with E-state index in [1.165, 1.54) is 24.3 Å². The van der Waals surface area contributed by atoms with Crippen molar-refractivity contribution in [1.29, 1.82) is 0 Å². The highest BCUT2D eigenvalue weighted by Gasteiger charge is 2.11. The number of Topliss-reactive ketones (excluding diaryl/α,β-unsaturated/α-hetero) is 1. The largest absolute Gasteiger partial charge is 0.340 e. The highest BCUT2D eigenvalue weighted by atomic mass is 19.1. The predicted octanol–water partition coefficient (Wildman–Crippen LogP) is 3.80. The van der Waals surface area contributed by atoms with Crippen LogP contribution in [0.15, 0.2) is 54.7 Å². The standard InChI is InChI=1S/C16H11F2NO/c17-12-4-1-3-11(9-12)16(20)10-19-8-7-13-14(18)5-2-6-15(13)19/h1-9H,10H2. The van der Waals surface area contributed by atoms with Gasteiger partial charge < -0.3 is 4.57 Å². The van der Waals surface area contributed by atoms with Gasteiger partial charge in [-0.2, -0.15) is 0 Å². The molecular formula is C16H11F2NO. The Bertz CT molecular complexity index is 792. The molecule has 1 heterocycles. The van der Waals surface area contributed by atoms with Crippen molar-refractivity contribution in [2.24, 2.45) is 0 Å². The van der Waals surface area contributed by atoms with Crippen LogP contribution in [0.25, 0.3) is 10.9 Å². The highest BCUT2D eigenvalue weighted by Crippen LogP contribution is 2.19. The monoisotopic (exact) mass is 271 g/mol. The summed E-state index contributed by atoms with van der Waals surface area (Å²) < 4.78 is 28.3. The Kier molecular flexibility index (Phi) is 3.06. The fourth-order valence-electron chi connectivity index (χ4n) is 2.23. The van der Waals surface area contributed by atoms with E-state index < -0.39 is 5.82 Å². The van der Waals surface area contributed by atoms with Gasteiger partial charge in [0.05, 0.1) is 12.1 Å². The molecule has 3 rings (SSSR count). The van der Waals surface area contributed by atoms with Crippen molar-refractivity contribution in [2.45, 2.75) is 6.54 Å².